The van der Waals surface area contributed by atoms with Gasteiger partial charge in [-0.05, 0) is 74.9 Å². The average molecular weight is 395 g/mol. The molecular weight excluding hydrogens is 364 g/mol. The number of anilines is 1. The number of ether oxygens (including phenoxy) is 1. The minimum absolute atomic E-state index is 0.0546. The SMILES string of the molecule is Cc1ccc(CC(C)NC(=O)CCCOc2ccc3c(c2)CCC(=O)N3)c(C)c1. The molecule has 2 aromatic carbocycles. The Kier molecular flexibility index (Phi) is 6.91. The van der Waals surface area contributed by atoms with Gasteiger partial charge in [-0.25, -0.2) is 0 Å². The summed E-state index contributed by atoms with van der Waals surface area (Å²) in [4.78, 5) is 23.6. The van der Waals surface area contributed by atoms with Gasteiger partial charge in [0.1, 0.15) is 5.75 Å². The molecule has 1 aliphatic heterocycles. The van der Waals surface area contributed by atoms with E-state index in [2.05, 4.69) is 42.7 Å². The maximum atomic E-state index is 12.2. The molecule has 0 aromatic heterocycles. The van der Waals surface area contributed by atoms with Crippen LogP contribution in [0, 0.1) is 13.8 Å². The van der Waals surface area contributed by atoms with Crippen molar-refractivity contribution in [1.82, 2.24) is 5.32 Å². The summed E-state index contributed by atoms with van der Waals surface area (Å²) in [5.41, 5.74) is 5.76. The summed E-state index contributed by atoms with van der Waals surface area (Å²) in [6.45, 7) is 6.73. The van der Waals surface area contributed by atoms with Gasteiger partial charge in [0.05, 0.1) is 6.61 Å². The molecule has 2 aromatic rings. The van der Waals surface area contributed by atoms with Crippen molar-refractivity contribution in [2.24, 2.45) is 0 Å². The van der Waals surface area contributed by atoms with E-state index in [9.17, 15) is 9.59 Å². The van der Waals surface area contributed by atoms with Gasteiger partial charge in [0.25, 0.3) is 0 Å². The number of benzene rings is 2. The average Bonchev–Trinajstić information content (AvgIpc) is 2.67. The first kappa shape index (κ1) is 20.9. The molecule has 1 heterocycles. The van der Waals surface area contributed by atoms with Gasteiger partial charge in [-0.1, -0.05) is 23.8 Å². The number of hydrogen-bond donors (Lipinski definition) is 2. The van der Waals surface area contributed by atoms with E-state index in [0.717, 1.165) is 29.8 Å². The molecule has 154 valence electrons. The van der Waals surface area contributed by atoms with E-state index in [1.165, 1.54) is 16.7 Å². The number of hydrogen-bond acceptors (Lipinski definition) is 3. The van der Waals surface area contributed by atoms with Crippen molar-refractivity contribution >= 4 is 17.5 Å². The molecule has 0 spiro atoms. The molecular formula is C24H30N2O3. The molecule has 1 atom stereocenters. The van der Waals surface area contributed by atoms with Gasteiger partial charge in [0.15, 0.2) is 0 Å². The highest BCUT2D eigenvalue weighted by molar-refractivity contribution is 5.94. The van der Waals surface area contributed by atoms with Crippen LogP contribution in [0.4, 0.5) is 5.69 Å². The lowest BCUT2D eigenvalue weighted by Crippen LogP contribution is -2.34. The Balaban J connectivity index is 1.38. The van der Waals surface area contributed by atoms with Crippen LogP contribution in [0.3, 0.4) is 0 Å². The second-order valence-corrected chi connectivity index (χ2v) is 7.92. The van der Waals surface area contributed by atoms with Crippen LogP contribution in [-0.4, -0.2) is 24.5 Å². The van der Waals surface area contributed by atoms with Crippen molar-refractivity contribution in [1.29, 1.82) is 0 Å². The Morgan fingerprint density at radius 2 is 2.00 bits per heavy atom. The molecule has 2 amide bonds. The number of carbonyl (C=O) groups excluding carboxylic acids is 2. The molecule has 5 heteroatoms. The van der Waals surface area contributed by atoms with E-state index in [-0.39, 0.29) is 17.9 Å². The Labute approximate surface area is 172 Å². The van der Waals surface area contributed by atoms with Crippen molar-refractivity contribution < 1.29 is 14.3 Å². The highest BCUT2D eigenvalue weighted by atomic mass is 16.5. The number of nitrogens with one attached hydrogen (secondary N) is 2. The molecule has 0 aliphatic carbocycles. The van der Waals surface area contributed by atoms with Gasteiger partial charge in [0.2, 0.25) is 11.8 Å². The summed E-state index contributed by atoms with van der Waals surface area (Å²) in [6, 6.07) is 12.2. The van der Waals surface area contributed by atoms with E-state index in [0.29, 0.717) is 25.9 Å². The third-order valence-electron chi connectivity index (χ3n) is 5.22. The second-order valence-electron chi connectivity index (χ2n) is 7.92. The summed E-state index contributed by atoms with van der Waals surface area (Å²) in [7, 11) is 0. The standard InChI is InChI=1S/C24H30N2O3/c1-16-6-7-19(17(2)13-16)14-18(3)25-23(27)5-4-12-29-21-9-10-22-20(15-21)8-11-24(28)26-22/h6-7,9-10,13,15,18H,4-5,8,11-12,14H2,1-3H3,(H,25,27)(H,26,28). The predicted molar refractivity (Wildman–Crippen MR) is 115 cm³/mol. The zero-order valence-corrected chi connectivity index (χ0v) is 17.5. The largest absolute Gasteiger partial charge is 0.494 e. The first-order chi connectivity index (χ1) is 13.9. The molecule has 3 rings (SSSR count). The van der Waals surface area contributed by atoms with E-state index in [4.69, 9.17) is 4.74 Å². The van der Waals surface area contributed by atoms with Crippen molar-refractivity contribution in [2.45, 2.75) is 58.9 Å². The lowest BCUT2D eigenvalue weighted by atomic mass is 10.00. The van der Waals surface area contributed by atoms with Gasteiger partial charge in [-0.2, -0.15) is 0 Å². The topological polar surface area (TPSA) is 67.4 Å². The van der Waals surface area contributed by atoms with Crippen LogP contribution < -0.4 is 15.4 Å². The maximum absolute atomic E-state index is 12.2. The zero-order chi connectivity index (χ0) is 20.8. The van der Waals surface area contributed by atoms with Crippen molar-refractivity contribution in [2.75, 3.05) is 11.9 Å². The number of amides is 2. The highest BCUT2D eigenvalue weighted by Gasteiger charge is 2.15. The Morgan fingerprint density at radius 1 is 1.17 bits per heavy atom. The Hall–Kier alpha value is -2.82. The van der Waals surface area contributed by atoms with Gasteiger partial charge in [0, 0.05) is 24.6 Å². The number of fused-ring (bicyclic) bond motifs is 1. The third kappa shape index (κ3) is 6.08. The zero-order valence-electron chi connectivity index (χ0n) is 17.5. The summed E-state index contributed by atoms with van der Waals surface area (Å²) in [5, 5.41) is 5.94. The van der Waals surface area contributed by atoms with Crippen LogP contribution in [0.15, 0.2) is 36.4 Å². The fraction of sp³-hybridized carbons (Fsp3) is 0.417. The van der Waals surface area contributed by atoms with Crippen LogP contribution in [0.25, 0.3) is 0 Å². The molecule has 0 saturated heterocycles. The molecule has 29 heavy (non-hydrogen) atoms. The lowest BCUT2D eigenvalue weighted by Gasteiger charge is -2.18. The fourth-order valence-electron chi connectivity index (χ4n) is 3.68. The normalized spacial score (nSPS) is 14.0. The Bertz CT molecular complexity index is 892. The quantitative estimate of drug-likeness (QED) is 0.663. The van der Waals surface area contributed by atoms with Crippen LogP contribution >= 0.6 is 0 Å². The molecule has 1 unspecified atom stereocenters. The van der Waals surface area contributed by atoms with Gasteiger partial charge in [-0.3, -0.25) is 9.59 Å². The minimum Gasteiger partial charge on any atom is -0.494 e. The smallest absolute Gasteiger partial charge is 0.224 e. The molecule has 0 bridgehead atoms. The van der Waals surface area contributed by atoms with Crippen LogP contribution in [0.1, 0.15) is 48.4 Å². The molecule has 0 radical (unpaired) electrons. The molecule has 5 nitrogen and oxygen atoms in total. The van der Waals surface area contributed by atoms with Crippen LogP contribution in [-0.2, 0) is 22.4 Å². The van der Waals surface area contributed by atoms with E-state index in [1.807, 2.05) is 25.1 Å². The third-order valence-corrected chi connectivity index (χ3v) is 5.22. The van der Waals surface area contributed by atoms with Crippen molar-refractivity contribution in [3.8, 4) is 5.75 Å². The Morgan fingerprint density at radius 3 is 2.79 bits per heavy atom. The summed E-state index contributed by atoms with van der Waals surface area (Å²) >= 11 is 0. The van der Waals surface area contributed by atoms with Crippen molar-refractivity contribution in [3.63, 3.8) is 0 Å². The molecule has 0 fully saturated rings. The molecule has 0 saturated carbocycles. The molecule has 1 aliphatic rings. The van der Waals surface area contributed by atoms with E-state index in [1.54, 1.807) is 0 Å². The van der Waals surface area contributed by atoms with E-state index < -0.39 is 0 Å². The van der Waals surface area contributed by atoms with Crippen LogP contribution in [0.2, 0.25) is 0 Å². The molecule has 2 N–H and O–H groups in total. The number of rotatable bonds is 8. The first-order valence-electron chi connectivity index (χ1n) is 10.3. The maximum Gasteiger partial charge on any atom is 0.224 e. The minimum atomic E-state index is 0.0546. The number of aryl methyl sites for hydroxylation is 3. The summed E-state index contributed by atoms with van der Waals surface area (Å²) in [5.74, 6) is 0.895. The van der Waals surface area contributed by atoms with Crippen LogP contribution in [0.5, 0.6) is 5.75 Å². The highest BCUT2D eigenvalue weighted by Crippen LogP contribution is 2.26. The lowest BCUT2D eigenvalue weighted by molar-refractivity contribution is -0.122. The van der Waals surface area contributed by atoms with Crippen molar-refractivity contribution in [3.05, 3.63) is 58.7 Å². The summed E-state index contributed by atoms with van der Waals surface area (Å²) < 4.78 is 5.78. The predicted octanol–water partition coefficient (Wildman–Crippen LogP) is 4.09. The van der Waals surface area contributed by atoms with Gasteiger partial charge in [-0.15, -0.1) is 0 Å². The van der Waals surface area contributed by atoms with E-state index >= 15 is 0 Å². The fourth-order valence-corrected chi connectivity index (χ4v) is 3.68. The monoisotopic (exact) mass is 394 g/mol. The second kappa shape index (κ2) is 9.59. The first-order valence-corrected chi connectivity index (χ1v) is 10.3. The van der Waals surface area contributed by atoms with Gasteiger partial charge < -0.3 is 15.4 Å². The summed E-state index contributed by atoms with van der Waals surface area (Å²) in [6.07, 6.45) is 3.18. The van der Waals surface area contributed by atoms with Gasteiger partial charge >= 0.3 is 0 Å². The number of carbonyl (C=O) groups is 2.